The summed E-state index contributed by atoms with van der Waals surface area (Å²) in [7, 11) is 0. The second-order valence-electron chi connectivity index (χ2n) is 3.92. The lowest BCUT2D eigenvalue weighted by Gasteiger charge is -2.25. The number of hydrogen-bond donors (Lipinski definition) is 3. The second-order valence-corrected chi connectivity index (χ2v) is 5.14. The fourth-order valence-electron chi connectivity index (χ4n) is 1.70. The van der Waals surface area contributed by atoms with Crippen LogP contribution in [-0.4, -0.2) is 58.7 Å². The molecule has 1 aromatic rings. The van der Waals surface area contributed by atoms with Crippen molar-refractivity contribution in [2.45, 2.75) is 0 Å². The average Bonchev–Trinajstić information content (AvgIpc) is 2.77. The highest BCUT2D eigenvalue weighted by atomic mass is 32.2. The zero-order chi connectivity index (χ0) is 12.1. The van der Waals surface area contributed by atoms with Gasteiger partial charge in [0.25, 0.3) is 5.91 Å². The molecule has 17 heavy (non-hydrogen) atoms. The van der Waals surface area contributed by atoms with E-state index < -0.39 is 0 Å². The van der Waals surface area contributed by atoms with E-state index in [1.54, 1.807) is 0 Å². The Morgan fingerprint density at radius 2 is 2.35 bits per heavy atom. The Hall–Kier alpha value is -1.21. The van der Waals surface area contributed by atoms with E-state index >= 15 is 0 Å². The van der Waals surface area contributed by atoms with Crippen LogP contribution in [0.15, 0.2) is 6.07 Å². The maximum Gasteiger partial charge on any atom is 0.269 e. The molecule has 0 aromatic carbocycles. The Labute approximate surface area is 104 Å². The third-order valence-electron chi connectivity index (χ3n) is 2.66. The molecule has 0 saturated carbocycles. The topological polar surface area (TPSA) is 87.0 Å². The number of nitrogens with two attached hydrogens (primary N) is 1. The largest absolute Gasteiger partial charge is 0.382 e. The van der Waals surface area contributed by atoms with E-state index in [9.17, 15) is 4.79 Å². The summed E-state index contributed by atoms with van der Waals surface area (Å²) >= 11 is 1.98. The van der Waals surface area contributed by atoms with E-state index in [0.717, 1.165) is 19.6 Å². The zero-order valence-electron chi connectivity index (χ0n) is 9.61. The lowest BCUT2D eigenvalue weighted by molar-refractivity contribution is 0.0944. The molecule has 1 fully saturated rings. The zero-order valence-corrected chi connectivity index (χ0v) is 10.4. The average molecular weight is 255 g/mol. The van der Waals surface area contributed by atoms with Gasteiger partial charge in [-0.3, -0.25) is 14.8 Å². The first-order valence-electron chi connectivity index (χ1n) is 5.65. The number of hydrogen-bond acceptors (Lipinski definition) is 5. The molecule has 0 atom stereocenters. The lowest BCUT2D eigenvalue weighted by atomic mass is 10.4. The summed E-state index contributed by atoms with van der Waals surface area (Å²) in [5, 5.41) is 9.15. The Kier molecular flexibility index (Phi) is 4.27. The van der Waals surface area contributed by atoms with Gasteiger partial charge in [-0.15, -0.1) is 0 Å². The van der Waals surface area contributed by atoms with Gasteiger partial charge in [0, 0.05) is 43.8 Å². The van der Waals surface area contributed by atoms with Crippen LogP contribution in [0.2, 0.25) is 0 Å². The third kappa shape index (κ3) is 3.64. The molecule has 0 unspecified atom stereocenters. The van der Waals surface area contributed by atoms with E-state index in [-0.39, 0.29) is 5.91 Å². The van der Waals surface area contributed by atoms with Crippen LogP contribution in [0.25, 0.3) is 0 Å². The number of carbonyl (C=O) groups is 1. The summed E-state index contributed by atoms with van der Waals surface area (Å²) in [6.07, 6.45) is 0. The van der Waals surface area contributed by atoms with Gasteiger partial charge in [-0.05, 0) is 0 Å². The molecule has 6 nitrogen and oxygen atoms in total. The first-order chi connectivity index (χ1) is 8.25. The first-order valence-corrected chi connectivity index (χ1v) is 6.80. The molecular formula is C10H17N5OS. The van der Waals surface area contributed by atoms with Crippen LogP contribution in [0.5, 0.6) is 0 Å². The van der Waals surface area contributed by atoms with Gasteiger partial charge in [-0.25, -0.2) is 0 Å². The number of nitrogens with zero attached hydrogens (tertiary/aromatic N) is 2. The monoisotopic (exact) mass is 255 g/mol. The van der Waals surface area contributed by atoms with Crippen molar-refractivity contribution in [1.29, 1.82) is 0 Å². The Morgan fingerprint density at radius 3 is 3.00 bits per heavy atom. The standard InChI is InChI=1S/C10H17N5OS/c11-9-7-8(13-14-9)10(16)12-1-2-15-3-5-17-6-4-15/h7H,1-6H2,(H,12,16)(H3,11,13,14). The van der Waals surface area contributed by atoms with Gasteiger partial charge in [0.2, 0.25) is 0 Å². The van der Waals surface area contributed by atoms with Gasteiger partial charge in [-0.2, -0.15) is 16.9 Å². The van der Waals surface area contributed by atoms with Crippen molar-refractivity contribution in [2.75, 3.05) is 43.4 Å². The van der Waals surface area contributed by atoms with E-state index in [0.29, 0.717) is 18.1 Å². The van der Waals surface area contributed by atoms with Crippen molar-refractivity contribution in [1.82, 2.24) is 20.4 Å². The van der Waals surface area contributed by atoms with Crippen LogP contribution in [0, 0.1) is 0 Å². The third-order valence-corrected chi connectivity index (χ3v) is 3.60. The van der Waals surface area contributed by atoms with E-state index in [2.05, 4.69) is 20.4 Å². The van der Waals surface area contributed by atoms with Crippen LogP contribution in [-0.2, 0) is 0 Å². The summed E-state index contributed by atoms with van der Waals surface area (Å²) in [6, 6.07) is 1.53. The molecule has 1 aliphatic heterocycles. The van der Waals surface area contributed by atoms with E-state index in [4.69, 9.17) is 5.73 Å². The number of nitrogens with one attached hydrogen (secondary N) is 2. The van der Waals surface area contributed by atoms with Crippen molar-refractivity contribution < 1.29 is 4.79 Å². The van der Waals surface area contributed by atoms with Gasteiger partial charge in [0.05, 0.1) is 0 Å². The highest BCUT2D eigenvalue weighted by molar-refractivity contribution is 7.99. The van der Waals surface area contributed by atoms with Crippen LogP contribution < -0.4 is 11.1 Å². The number of thioether (sulfide) groups is 1. The van der Waals surface area contributed by atoms with Crippen molar-refractivity contribution in [3.8, 4) is 0 Å². The molecule has 4 N–H and O–H groups in total. The number of H-pyrrole nitrogens is 1. The fraction of sp³-hybridized carbons (Fsp3) is 0.600. The van der Waals surface area contributed by atoms with Crippen molar-refractivity contribution in [2.24, 2.45) is 0 Å². The minimum atomic E-state index is -0.152. The molecule has 1 aliphatic rings. The molecule has 2 rings (SSSR count). The quantitative estimate of drug-likeness (QED) is 0.692. The smallest absolute Gasteiger partial charge is 0.269 e. The van der Waals surface area contributed by atoms with Gasteiger partial charge in [0.1, 0.15) is 11.5 Å². The Bertz CT molecular complexity index is 375. The molecule has 0 radical (unpaired) electrons. The molecule has 0 spiro atoms. The molecule has 1 amide bonds. The summed E-state index contributed by atoms with van der Waals surface area (Å²) in [5.74, 6) is 2.56. The molecule has 94 valence electrons. The predicted molar refractivity (Wildman–Crippen MR) is 69.1 cm³/mol. The van der Waals surface area contributed by atoms with Crippen LogP contribution >= 0.6 is 11.8 Å². The number of anilines is 1. The minimum Gasteiger partial charge on any atom is -0.382 e. The Morgan fingerprint density at radius 1 is 1.59 bits per heavy atom. The van der Waals surface area contributed by atoms with Gasteiger partial charge in [0.15, 0.2) is 0 Å². The van der Waals surface area contributed by atoms with Crippen LogP contribution in [0.3, 0.4) is 0 Å². The van der Waals surface area contributed by atoms with Crippen LogP contribution in [0.1, 0.15) is 10.5 Å². The fourth-order valence-corrected chi connectivity index (χ4v) is 2.68. The predicted octanol–water partition coefficient (Wildman–Crippen LogP) is -0.229. The molecule has 2 heterocycles. The van der Waals surface area contributed by atoms with Crippen LogP contribution in [0.4, 0.5) is 5.82 Å². The van der Waals surface area contributed by atoms with Gasteiger partial charge in [-0.1, -0.05) is 0 Å². The summed E-state index contributed by atoms with van der Waals surface area (Å²) in [5.41, 5.74) is 5.84. The number of rotatable bonds is 4. The van der Waals surface area contributed by atoms with Crippen molar-refractivity contribution in [3.05, 3.63) is 11.8 Å². The molecule has 7 heteroatoms. The normalized spacial score (nSPS) is 16.9. The van der Waals surface area contributed by atoms with Gasteiger partial charge < -0.3 is 11.1 Å². The van der Waals surface area contributed by atoms with Crippen molar-refractivity contribution in [3.63, 3.8) is 0 Å². The number of aromatic nitrogens is 2. The summed E-state index contributed by atoms with van der Waals surface area (Å²) < 4.78 is 0. The Balaban J connectivity index is 1.69. The number of carbonyl (C=O) groups excluding carboxylic acids is 1. The maximum atomic E-state index is 11.6. The second kappa shape index (κ2) is 5.92. The summed E-state index contributed by atoms with van der Waals surface area (Å²) in [6.45, 7) is 3.77. The number of nitrogen functional groups attached to an aromatic ring is 1. The lowest BCUT2D eigenvalue weighted by Crippen LogP contribution is -2.39. The number of aromatic amines is 1. The molecular weight excluding hydrogens is 238 g/mol. The van der Waals surface area contributed by atoms with Gasteiger partial charge >= 0.3 is 0 Å². The van der Waals surface area contributed by atoms with E-state index in [1.807, 2.05) is 11.8 Å². The molecule has 0 aliphatic carbocycles. The molecule has 1 saturated heterocycles. The highest BCUT2D eigenvalue weighted by Gasteiger charge is 2.11. The number of amides is 1. The maximum absolute atomic E-state index is 11.6. The molecule has 1 aromatic heterocycles. The molecule has 0 bridgehead atoms. The highest BCUT2D eigenvalue weighted by Crippen LogP contribution is 2.08. The van der Waals surface area contributed by atoms with E-state index in [1.165, 1.54) is 17.6 Å². The van der Waals surface area contributed by atoms with Crippen molar-refractivity contribution >= 4 is 23.5 Å². The summed E-state index contributed by atoms with van der Waals surface area (Å²) in [4.78, 5) is 14.0. The minimum absolute atomic E-state index is 0.152. The first kappa shape index (κ1) is 12.3. The SMILES string of the molecule is Nc1cc(C(=O)NCCN2CCSCC2)[nH]n1.